The Kier molecular flexibility index (Phi) is 5.80. The van der Waals surface area contributed by atoms with Crippen molar-refractivity contribution in [2.75, 3.05) is 7.11 Å². The Morgan fingerprint density at radius 3 is 2.42 bits per heavy atom. The summed E-state index contributed by atoms with van der Waals surface area (Å²) in [6.07, 6.45) is -0.573. The summed E-state index contributed by atoms with van der Waals surface area (Å²) in [7, 11) is 1.30. The third kappa shape index (κ3) is 3.76. The number of benzene rings is 1. The van der Waals surface area contributed by atoms with Crippen LogP contribution in [0.1, 0.15) is 0 Å². The maximum Gasteiger partial charge on any atom is 1.00 e. The molecule has 3 nitrogen and oxygen atoms in total. The minimum Gasteiger partial charge on any atom is -0.603 e. The van der Waals surface area contributed by atoms with Gasteiger partial charge in [-0.2, -0.15) is 0 Å². The largest absolute Gasteiger partial charge is 1.00 e. The molecule has 0 N–H and O–H groups in total. The summed E-state index contributed by atoms with van der Waals surface area (Å²) in [4.78, 5) is 3.62. The van der Waals surface area contributed by atoms with Crippen molar-refractivity contribution in [2.24, 2.45) is 4.99 Å². The quantitative estimate of drug-likeness (QED) is 0.272. The molecule has 0 aliphatic carbocycles. The Bertz CT molecular complexity index is 248. The molecule has 0 saturated heterocycles. The van der Waals surface area contributed by atoms with E-state index in [1.807, 2.05) is 18.2 Å². The molecule has 0 aliphatic heterocycles. The maximum atomic E-state index is 10.6. The Hall–Kier alpha value is -0.510. The van der Waals surface area contributed by atoms with Crippen LogP contribution in [0, 0.1) is 0 Å². The SMILES string of the molecule is COC([O-])=Nc1ccccc1.[Na+]. The Labute approximate surface area is 93.4 Å². The summed E-state index contributed by atoms with van der Waals surface area (Å²) in [5, 5.41) is 10.6. The second-order valence-electron chi connectivity index (χ2n) is 1.92. The molecule has 0 aromatic heterocycles. The van der Waals surface area contributed by atoms with Crippen molar-refractivity contribution in [1.29, 1.82) is 0 Å². The van der Waals surface area contributed by atoms with Crippen LogP contribution >= 0.6 is 0 Å². The molecule has 4 heteroatoms. The van der Waals surface area contributed by atoms with Gasteiger partial charge in [-0.1, -0.05) is 18.2 Å². The fraction of sp³-hybridized carbons (Fsp3) is 0.125. The van der Waals surface area contributed by atoms with Gasteiger partial charge in [0.2, 0.25) is 0 Å². The van der Waals surface area contributed by atoms with Gasteiger partial charge in [0.25, 0.3) is 0 Å². The summed E-state index contributed by atoms with van der Waals surface area (Å²) in [6.45, 7) is 0. The molecule has 0 unspecified atom stereocenters. The monoisotopic (exact) mass is 173 g/mol. The summed E-state index contributed by atoms with van der Waals surface area (Å²) >= 11 is 0. The minimum atomic E-state index is -0.573. The smallest absolute Gasteiger partial charge is 0.603 e. The van der Waals surface area contributed by atoms with E-state index < -0.39 is 6.08 Å². The van der Waals surface area contributed by atoms with E-state index in [2.05, 4.69) is 9.73 Å². The molecular weight excluding hydrogens is 165 g/mol. The molecule has 0 spiro atoms. The van der Waals surface area contributed by atoms with Gasteiger partial charge in [-0.3, -0.25) is 0 Å². The number of hydrogen-bond acceptors (Lipinski definition) is 3. The second kappa shape index (κ2) is 6.06. The van der Waals surface area contributed by atoms with Crippen LogP contribution < -0.4 is 34.7 Å². The van der Waals surface area contributed by atoms with Gasteiger partial charge in [0.05, 0.1) is 5.69 Å². The Morgan fingerprint density at radius 2 is 1.92 bits per heavy atom. The van der Waals surface area contributed by atoms with Crippen LogP contribution in [0.3, 0.4) is 0 Å². The van der Waals surface area contributed by atoms with Gasteiger partial charge >= 0.3 is 29.6 Å². The molecule has 0 fully saturated rings. The molecule has 12 heavy (non-hydrogen) atoms. The molecule has 0 amide bonds. The number of rotatable bonds is 1. The van der Waals surface area contributed by atoms with Crippen LogP contribution in [0.25, 0.3) is 0 Å². The normalized spacial score (nSPS) is 10.2. The number of hydrogen-bond donors (Lipinski definition) is 0. The van der Waals surface area contributed by atoms with E-state index in [4.69, 9.17) is 0 Å². The summed E-state index contributed by atoms with van der Waals surface area (Å²) in [5.41, 5.74) is 0.611. The van der Waals surface area contributed by atoms with E-state index in [1.165, 1.54) is 7.11 Å². The molecule has 58 valence electrons. The second-order valence-corrected chi connectivity index (χ2v) is 1.92. The summed E-state index contributed by atoms with van der Waals surface area (Å²) < 4.78 is 4.35. The van der Waals surface area contributed by atoms with Crippen LogP contribution in [-0.4, -0.2) is 13.2 Å². The number of nitrogens with zero attached hydrogens (tertiary/aromatic N) is 1. The average molecular weight is 173 g/mol. The van der Waals surface area contributed by atoms with Crippen LogP contribution in [0.4, 0.5) is 5.69 Å². The van der Waals surface area contributed by atoms with Gasteiger partial charge in [-0.25, -0.2) is 4.99 Å². The van der Waals surface area contributed by atoms with Crippen LogP contribution in [0.5, 0.6) is 0 Å². The number of para-hydroxylation sites is 1. The topological polar surface area (TPSA) is 44.6 Å². The van der Waals surface area contributed by atoms with Crippen molar-refractivity contribution in [2.45, 2.75) is 0 Å². The molecule has 1 aromatic rings. The third-order valence-electron chi connectivity index (χ3n) is 1.15. The summed E-state index contributed by atoms with van der Waals surface area (Å²) in [5.74, 6) is 0. The van der Waals surface area contributed by atoms with E-state index in [9.17, 15) is 5.11 Å². The molecule has 1 aromatic carbocycles. The summed E-state index contributed by atoms with van der Waals surface area (Å²) in [6, 6.07) is 8.94. The number of ether oxygens (including phenoxy) is 1. The van der Waals surface area contributed by atoms with E-state index in [-0.39, 0.29) is 29.6 Å². The molecular formula is C8H8NNaO2. The van der Waals surface area contributed by atoms with Gasteiger partial charge < -0.3 is 9.84 Å². The van der Waals surface area contributed by atoms with Gasteiger partial charge in [0, 0.05) is 0 Å². The predicted molar refractivity (Wildman–Crippen MR) is 40.5 cm³/mol. The first kappa shape index (κ1) is 11.5. The van der Waals surface area contributed by atoms with Gasteiger partial charge in [-0.15, -0.1) is 0 Å². The van der Waals surface area contributed by atoms with Crippen molar-refractivity contribution in [1.82, 2.24) is 0 Å². The molecule has 0 saturated carbocycles. The van der Waals surface area contributed by atoms with Crippen molar-refractivity contribution in [3.05, 3.63) is 30.3 Å². The fourth-order valence-electron chi connectivity index (χ4n) is 0.654. The zero-order valence-electron chi connectivity index (χ0n) is 7.15. The van der Waals surface area contributed by atoms with Gasteiger partial charge in [-0.05, 0) is 19.2 Å². The molecule has 0 heterocycles. The van der Waals surface area contributed by atoms with Crippen LogP contribution in [0.2, 0.25) is 0 Å². The number of aliphatic imine (C=N–C) groups is 1. The van der Waals surface area contributed by atoms with Crippen molar-refractivity contribution in [3.8, 4) is 0 Å². The molecule has 0 radical (unpaired) electrons. The average Bonchev–Trinajstić information content (AvgIpc) is 2.06. The van der Waals surface area contributed by atoms with Gasteiger partial charge in [0.15, 0.2) is 6.08 Å². The van der Waals surface area contributed by atoms with E-state index >= 15 is 0 Å². The van der Waals surface area contributed by atoms with Crippen molar-refractivity contribution < 1.29 is 39.4 Å². The first-order valence-corrected chi connectivity index (χ1v) is 3.17. The van der Waals surface area contributed by atoms with Gasteiger partial charge in [0.1, 0.15) is 0 Å². The Balaban J connectivity index is 0.00000121. The molecule has 0 atom stereocenters. The Morgan fingerprint density at radius 1 is 1.33 bits per heavy atom. The molecule has 0 bridgehead atoms. The van der Waals surface area contributed by atoms with Crippen LogP contribution in [-0.2, 0) is 4.74 Å². The van der Waals surface area contributed by atoms with E-state index in [1.54, 1.807) is 12.1 Å². The number of methoxy groups -OCH3 is 1. The van der Waals surface area contributed by atoms with Crippen molar-refractivity contribution in [3.63, 3.8) is 0 Å². The maximum absolute atomic E-state index is 10.6. The predicted octanol–water partition coefficient (Wildman–Crippen LogP) is -2.32. The third-order valence-corrected chi connectivity index (χ3v) is 1.15. The van der Waals surface area contributed by atoms with E-state index in [0.717, 1.165) is 0 Å². The fourth-order valence-corrected chi connectivity index (χ4v) is 0.654. The van der Waals surface area contributed by atoms with Crippen LogP contribution in [0.15, 0.2) is 35.3 Å². The first-order chi connectivity index (χ1) is 5.33. The molecule has 0 aliphatic rings. The zero-order valence-corrected chi connectivity index (χ0v) is 9.15. The molecule has 1 rings (SSSR count). The first-order valence-electron chi connectivity index (χ1n) is 3.17. The zero-order chi connectivity index (χ0) is 8.10. The standard InChI is InChI=1S/C8H9NO2.Na/c1-11-8(10)9-7-5-3-2-4-6-7;/h2-6H,1H3,(H,9,10);/q;+1/p-1. The van der Waals surface area contributed by atoms with Crippen molar-refractivity contribution >= 4 is 11.8 Å². The van der Waals surface area contributed by atoms with E-state index in [0.29, 0.717) is 5.69 Å². The minimum absolute atomic E-state index is 0.